The minimum Gasteiger partial charge on any atom is -0.508 e. The van der Waals surface area contributed by atoms with Crippen molar-refractivity contribution in [1.29, 1.82) is 0 Å². The summed E-state index contributed by atoms with van der Waals surface area (Å²) in [7, 11) is 1.70. The molecule has 1 fully saturated rings. The molecule has 1 aliphatic heterocycles. The Kier molecular flexibility index (Phi) is 6.96. The summed E-state index contributed by atoms with van der Waals surface area (Å²) < 4.78 is 13.9. The van der Waals surface area contributed by atoms with Crippen LogP contribution >= 0.6 is 0 Å². The number of aromatic hydroxyl groups is 1. The van der Waals surface area contributed by atoms with Crippen LogP contribution in [0.15, 0.2) is 66.7 Å². The van der Waals surface area contributed by atoms with E-state index in [-0.39, 0.29) is 5.75 Å². The van der Waals surface area contributed by atoms with Crippen molar-refractivity contribution in [1.82, 2.24) is 9.88 Å². The van der Waals surface area contributed by atoms with E-state index in [1.165, 1.54) is 35.8 Å². The molecule has 5 heteroatoms. The Labute approximate surface area is 207 Å². The minimum atomic E-state index is 0.269. The molecule has 0 spiro atoms. The van der Waals surface area contributed by atoms with E-state index in [9.17, 15) is 5.11 Å². The highest BCUT2D eigenvalue weighted by Gasteiger charge is 2.17. The zero-order valence-electron chi connectivity index (χ0n) is 20.6. The van der Waals surface area contributed by atoms with Crippen molar-refractivity contribution >= 4 is 10.9 Å². The highest BCUT2D eigenvalue weighted by molar-refractivity contribution is 5.92. The zero-order valence-corrected chi connectivity index (χ0v) is 20.6. The molecular weight excluding hydrogens is 436 g/mol. The maximum atomic E-state index is 9.81. The lowest BCUT2D eigenvalue weighted by Crippen LogP contribution is -2.35. The van der Waals surface area contributed by atoms with Gasteiger partial charge >= 0.3 is 0 Å². The van der Waals surface area contributed by atoms with Gasteiger partial charge in [0.2, 0.25) is 0 Å². The molecule has 182 valence electrons. The molecule has 1 aromatic heterocycles. The number of hydrogen-bond acceptors (Lipinski definition) is 4. The number of hydrogen-bond donors (Lipinski definition) is 2. The molecule has 35 heavy (non-hydrogen) atoms. The molecule has 5 nitrogen and oxygen atoms in total. The summed E-state index contributed by atoms with van der Waals surface area (Å²) in [6, 6.07) is 22.7. The van der Waals surface area contributed by atoms with Crippen LogP contribution in [0.2, 0.25) is 0 Å². The van der Waals surface area contributed by atoms with Gasteiger partial charge in [-0.25, -0.2) is 0 Å². The SMILES string of the molecule is COc1ccc2c(c1)c(C)c(-c1ccc(O)cc1)n2Cc1ccc(OCCC2CCCCN2)cc1. The quantitative estimate of drug-likeness (QED) is 0.318. The first-order valence-electron chi connectivity index (χ1n) is 12.5. The lowest BCUT2D eigenvalue weighted by molar-refractivity contribution is 0.268. The molecule has 0 amide bonds. The molecule has 2 heterocycles. The monoisotopic (exact) mass is 470 g/mol. The maximum absolute atomic E-state index is 9.81. The van der Waals surface area contributed by atoms with Crippen LogP contribution in [-0.2, 0) is 6.54 Å². The van der Waals surface area contributed by atoms with E-state index in [1.54, 1.807) is 19.2 Å². The predicted molar refractivity (Wildman–Crippen MR) is 142 cm³/mol. The number of phenols is 1. The van der Waals surface area contributed by atoms with Crippen LogP contribution in [0, 0.1) is 6.92 Å². The third kappa shape index (κ3) is 5.15. The first-order chi connectivity index (χ1) is 17.1. The number of ether oxygens (including phenoxy) is 2. The van der Waals surface area contributed by atoms with E-state index in [4.69, 9.17) is 9.47 Å². The Morgan fingerprint density at radius 3 is 2.46 bits per heavy atom. The van der Waals surface area contributed by atoms with Gasteiger partial charge in [-0.3, -0.25) is 0 Å². The first-order valence-corrected chi connectivity index (χ1v) is 12.5. The van der Waals surface area contributed by atoms with Crippen LogP contribution in [0.4, 0.5) is 0 Å². The van der Waals surface area contributed by atoms with Gasteiger partial charge in [-0.05, 0) is 104 Å². The molecule has 3 aromatic carbocycles. The van der Waals surface area contributed by atoms with Gasteiger partial charge < -0.3 is 24.5 Å². The Bertz CT molecular complexity index is 1270. The Morgan fingerprint density at radius 1 is 0.971 bits per heavy atom. The third-order valence-electron chi connectivity index (χ3n) is 7.08. The van der Waals surface area contributed by atoms with Crippen molar-refractivity contribution < 1.29 is 14.6 Å². The summed E-state index contributed by atoms with van der Waals surface area (Å²) in [5.41, 5.74) is 5.78. The minimum absolute atomic E-state index is 0.269. The Hall–Kier alpha value is -3.44. The van der Waals surface area contributed by atoms with E-state index in [2.05, 4.69) is 53.2 Å². The average molecular weight is 471 g/mol. The average Bonchev–Trinajstić information content (AvgIpc) is 3.16. The number of rotatable bonds is 8. The summed E-state index contributed by atoms with van der Waals surface area (Å²) in [5.74, 6) is 2.03. The van der Waals surface area contributed by atoms with Gasteiger partial charge in [-0.15, -0.1) is 0 Å². The molecule has 4 aromatic rings. The lowest BCUT2D eigenvalue weighted by atomic mass is 10.0. The topological polar surface area (TPSA) is 55.7 Å². The summed E-state index contributed by atoms with van der Waals surface area (Å²) in [6.45, 7) is 4.76. The third-order valence-corrected chi connectivity index (χ3v) is 7.08. The number of nitrogens with zero attached hydrogens (tertiary/aromatic N) is 1. The number of aromatic nitrogens is 1. The van der Waals surface area contributed by atoms with E-state index in [0.717, 1.165) is 54.4 Å². The molecule has 0 saturated carbocycles. The second-order valence-corrected chi connectivity index (χ2v) is 9.42. The van der Waals surface area contributed by atoms with Crippen LogP contribution in [0.5, 0.6) is 17.2 Å². The Balaban J connectivity index is 1.39. The fraction of sp³-hybridized carbons (Fsp3) is 0.333. The van der Waals surface area contributed by atoms with Gasteiger partial charge in [0.05, 0.1) is 19.4 Å². The van der Waals surface area contributed by atoms with Crippen molar-refractivity contribution in [2.45, 2.75) is 45.2 Å². The highest BCUT2D eigenvalue weighted by atomic mass is 16.5. The molecule has 0 aliphatic carbocycles. The smallest absolute Gasteiger partial charge is 0.119 e. The fourth-order valence-corrected chi connectivity index (χ4v) is 5.15. The van der Waals surface area contributed by atoms with E-state index in [1.807, 2.05) is 18.2 Å². The normalized spacial score (nSPS) is 15.9. The number of aryl methyl sites for hydroxylation is 1. The first kappa shape index (κ1) is 23.3. The van der Waals surface area contributed by atoms with Crippen molar-refractivity contribution in [2.24, 2.45) is 0 Å². The second-order valence-electron chi connectivity index (χ2n) is 9.42. The predicted octanol–water partition coefficient (Wildman–Crippen LogP) is 6.29. The van der Waals surface area contributed by atoms with E-state index in [0.29, 0.717) is 6.04 Å². The fourth-order valence-electron chi connectivity index (χ4n) is 5.15. The molecule has 0 bridgehead atoms. The maximum Gasteiger partial charge on any atom is 0.119 e. The van der Waals surface area contributed by atoms with Gasteiger partial charge in [0.1, 0.15) is 17.2 Å². The molecule has 2 N–H and O–H groups in total. The van der Waals surface area contributed by atoms with Gasteiger partial charge in [-0.1, -0.05) is 18.6 Å². The van der Waals surface area contributed by atoms with Crippen molar-refractivity contribution in [3.8, 4) is 28.5 Å². The standard InChI is InChI=1S/C30H34N2O3/c1-21-28-19-27(34-2)14-15-29(28)32(30(21)23-8-10-25(33)11-9-23)20-22-6-12-26(13-7-22)35-18-16-24-5-3-4-17-31-24/h6-15,19,24,31,33H,3-5,16-18,20H2,1-2H3. The summed E-state index contributed by atoms with van der Waals surface area (Å²) in [6.07, 6.45) is 4.91. The van der Waals surface area contributed by atoms with E-state index >= 15 is 0 Å². The van der Waals surface area contributed by atoms with Crippen LogP contribution < -0.4 is 14.8 Å². The molecule has 1 atom stereocenters. The van der Waals surface area contributed by atoms with Gasteiger partial charge in [0, 0.05) is 23.5 Å². The number of methoxy groups -OCH3 is 1. The zero-order chi connectivity index (χ0) is 24.2. The molecule has 1 saturated heterocycles. The summed E-state index contributed by atoms with van der Waals surface area (Å²) in [5, 5.41) is 14.6. The second kappa shape index (κ2) is 10.4. The number of piperidine rings is 1. The van der Waals surface area contributed by atoms with E-state index < -0.39 is 0 Å². The highest BCUT2D eigenvalue weighted by Crippen LogP contribution is 2.36. The number of benzene rings is 3. The largest absolute Gasteiger partial charge is 0.508 e. The summed E-state index contributed by atoms with van der Waals surface area (Å²) >= 11 is 0. The Morgan fingerprint density at radius 2 is 1.74 bits per heavy atom. The molecule has 0 radical (unpaired) electrons. The molecular formula is C30H34N2O3. The lowest BCUT2D eigenvalue weighted by Gasteiger charge is -2.23. The van der Waals surface area contributed by atoms with Crippen molar-refractivity contribution in [3.63, 3.8) is 0 Å². The summed E-state index contributed by atoms with van der Waals surface area (Å²) in [4.78, 5) is 0. The van der Waals surface area contributed by atoms with Gasteiger partial charge in [0.25, 0.3) is 0 Å². The number of nitrogens with one attached hydrogen (secondary N) is 1. The molecule has 1 aliphatic rings. The van der Waals surface area contributed by atoms with Crippen LogP contribution in [0.3, 0.4) is 0 Å². The number of phenolic OH excluding ortho intramolecular Hbond substituents is 1. The van der Waals surface area contributed by atoms with Gasteiger partial charge in [-0.2, -0.15) is 0 Å². The van der Waals surface area contributed by atoms with Crippen LogP contribution in [0.1, 0.15) is 36.8 Å². The molecule has 5 rings (SSSR count). The van der Waals surface area contributed by atoms with Crippen molar-refractivity contribution in [2.75, 3.05) is 20.3 Å². The number of fused-ring (bicyclic) bond motifs is 1. The van der Waals surface area contributed by atoms with Crippen molar-refractivity contribution in [3.05, 3.63) is 77.9 Å². The van der Waals surface area contributed by atoms with Crippen LogP contribution in [0.25, 0.3) is 22.2 Å². The van der Waals surface area contributed by atoms with Crippen LogP contribution in [-0.4, -0.2) is 36.0 Å². The molecule has 1 unspecified atom stereocenters. The van der Waals surface area contributed by atoms with Gasteiger partial charge in [0.15, 0.2) is 0 Å².